The third-order valence-corrected chi connectivity index (χ3v) is 0.914. The fourth-order valence-electron chi connectivity index (χ4n) is 0.462. The molecule has 0 amide bonds. The maximum Gasteiger partial charge on any atom is 0.333 e. The number of carbonyl (C=O) groups is 2. The van der Waals surface area contributed by atoms with Gasteiger partial charge in [0.1, 0.15) is 12.7 Å². The summed E-state index contributed by atoms with van der Waals surface area (Å²) in [6, 6.07) is 1.61. The van der Waals surface area contributed by atoms with Gasteiger partial charge in [-0.05, 0) is 6.92 Å². The second-order valence-corrected chi connectivity index (χ2v) is 1.88. The molecule has 0 heterocycles. The largest absolute Gasteiger partial charge is 0.463 e. The minimum Gasteiger partial charge on any atom is -0.463 e. The number of rotatable bonds is 4. The van der Waals surface area contributed by atoms with Crippen LogP contribution < -0.4 is 0 Å². The average molecular weight is 183 g/mol. The van der Waals surface area contributed by atoms with Gasteiger partial charge in [0.25, 0.3) is 0 Å². The molecule has 5 nitrogen and oxygen atoms in total. The number of hydrogen-bond acceptors (Lipinski definition) is 5. The smallest absolute Gasteiger partial charge is 0.333 e. The molecule has 0 N–H and O–H groups in total. The molecule has 70 valence electrons. The quantitative estimate of drug-likeness (QED) is 0.360. The van der Waals surface area contributed by atoms with Crippen molar-refractivity contribution in [1.29, 1.82) is 5.26 Å². The van der Waals surface area contributed by atoms with Gasteiger partial charge in [0.15, 0.2) is 0 Å². The molecule has 5 heteroatoms. The van der Waals surface area contributed by atoms with Crippen molar-refractivity contribution < 1.29 is 19.1 Å². The van der Waals surface area contributed by atoms with Crippen molar-refractivity contribution in [2.24, 2.45) is 0 Å². The molecule has 0 aliphatic heterocycles. The third-order valence-electron chi connectivity index (χ3n) is 0.914. The first-order chi connectivity index (χ1) is 6.20. The number of carbonyl (C=O) groups excluding carboxylic acids is 2. The first-order valence-electron chi connectivity index (χ1n) is 3.60. The summed E-state index contributed by atoms with van der Waals surface area (Å²) in [6.45, 7) is 1.92. The highest BCUT2D eigenvalue weighted by Crippen LogP contribution is 1.87. The zero-order valence-electron chi connectivity index (χ0n) is 7.15. The number of ether oxygens (including phenoxy) is 2. The van der Waals surface area contributed by atoms with Crippen LogP contribution in [0.15, 0.2) is 12.3 Å². The van der Waals surface area contributed by atoms with E-state index in [0.29, 0.717) is 0 Å². The Balaban J connectivity index is 3.69. The summed E-state index contributed by atoms with van der Waals surface area (Å²) in [6.07, 6.45) is 1.53. The Morgan fingerprint density at radius 3 is 2.77 bits per heavy atom. The Morgan fingerprint density at radius 2 is 2.23 bits per heavy atom. The minimum absolute atomic E-state index is 0.259. The molecule has 0 aromatic rings. The van der Waals surface area contributed by atoms with E-state index >= 15 is 0 Å². The Labute approximate surface area is 75.5 Å². The molecular formula is C8H9NO4. The Morgan fingerprint density at radius 1 is 1.54 bits per heavy atom. The van der Waals surface area contributed by atoms with Gasteiger partial charge in [0.2, 0.25) is 0 Å². The number of nitrogens with zero attached hydrogens (tertiary/aromatic N) is 1. The molecule has 0 aliphatic rings. The lowest BCUT2D eigenvalue weighted by Gasteiger charge is -1.94. The summed E-state index contributed by atoms with van der Waals surface area (Å²) in [5.41, 5.74) is 0. The van der Waals surface area contributed by atoms with Crippen molar-refractivity contribution in [1.82, 2.24) is 0 Å². The van der Waals surface area contributed by atoms with E-state index in [1.807, 2.05) is 0 Å². The molecule has 0 aromatic carbocycles. The maximum atomic E-state index is 10.6. The lowest BCUT2D eigenvalue weighted by Crippen LogP contribution is -2.01. The van der Waals surface area contributed by atoms with Crippen LogP contribution in [0.4, 0.5) is 0 Å². The SMILES string of the molecule is CCOC(=O)C=COC(=O)CC#N. The van der Waals surface area contributed by atoms with Crippen LogP contribution in [0.3, 0.4) is 0 Å². The van der Waals surface area contributed by atoms with Crippen LogP contribution >= 0.6 is 0 Å². The Hall–Kier alpha value is -1.83. The Bertz CT molecular complexity index is 251. The normalized spacial score (nSPS) is 9.23. The van der Waals surface area contributed by atoms with Crippen LogP contribution in [-0.4, -0.2) is 18.5 Å². The second kappa shape index (κ2) is 6.85. The average Bonchev–Trinajstić information content (AvgIpc) is 2.05. The molecule has 0 rings (SSSR count). The molecule has 0 aromatic heterocycles. The van der Waals surface area contributed by atoms with E-state index in [0.717, 1.165) is 12.3 Å². The van der Waals surface area contributed by atoms with Crippen molar-refractivity contribution in [3.63, 3.8) is 0 Å². The molecule has 0 fully saturated rings. The molecule has 0 bridgehead atoms. The highest BCUT2D eigenvalue weighted by atomic mass is 16.5. The van der Waals surface area contributed by atoms with E-state index in [9.17, 15) is 9.59 Å². The van der Waals surface area contributed by atoms with E-state index in [-0.39, 0.29) is 13.0 Å². The van der Waals surface area contributed by atoms with Crippen molar-refractivity contribution in [3.8, 4) is 6.07 Å². The fourth-order valence-corrected chi connectivity index (χ4v) is 0.462. The van der Waals surface area contributed by atoms with E-state index in [4.69, 9.17) is 5.26 Å². The van der Waals surface area contributed by atoms with Crippen molar-refractivity contribution >= 4 is 11.9 Å². The standard InChI is InChI=1S/C8H9NO4/c1-2-12-8(11)4-6-13-7(10)3-5-9/h4,6H,2-3H2,1H3. The predicted octanol–water partition coefficient (Wildman–Crippen LogP) is 0.520. The lowest BCUT2D eigenvalue weighted by molar-refractivity contribution is -0.138. The molecular weight excluding hydrogens is 174 g/mol. The highest BCUT2D eigenvalue weighted by molar-refractivity contribution is 5.82. The van der Waals surface area contributed by atoms with Crippen LogP contribution in [0.2, 0.25) is 0 Å². The highest BCUT2D eigenvalue weighted by Gasteiger charge is 1.98. The second-order valence-electron chi connectivity index (χ2n) is 1.88. The zero-order chi connectivity index (χ0) is 10.1. The topological polar surface area (TPSA) is 76.4 Å². The van der Waals surface area contributed by atoms with E-state index in [1.54, 1.807) is 13.0 Å². The lowest BCUT2D eigenvalue weighted by atomic mass is 10.5. The van der Waals surface area contributed by atoms with Gasteiger partial charge in [-0.15, -0.1) is 0 Å². The fraction of sp³-hybridized carbons (Fsp3) is 0.375. The predicted molar refractivity (Wildman–Crippen MR) is 42.1 cm³/mol. The van der Waals surface area contributed by atoms with Gasteiger partial charge < -0.3 is 9.47 Å². The molecule has 0 unspecified atom stereocenters. The van der Waals surface area contributed by atoms with Gasteiger partial charge in [-0.3, -0.25) is 4.79 Å². The monoisotopic (exact) mass is 183 g/mol. The van der Waals surface area contributed by atoms with E-state index in [1.165, 1.54) is 0 Å². The summed E-state index contributed by atoms with van der Waals surface area (Å²) in [5.74, 6) is -1.30. The molecule has 0 saturated carbocycles. The van der Waals surface area contributed by atoms with Gasteiger partial charge in [0.05, 0.1) is 18.8 Å². The minimum atomic E-state index is -0.706. The summed E-state index contributed by atoms with van der Waals surface area (Å²) < 4.78 is 8.86. The van der Waals surface area contributed by atoms with Crippen LogP contribution in [0.25, 0.3) is 0 Å². The maximum absolute atomic E-state index is 10.6. The first kappa shape index (κ1) is 11.2. The molecule has 0 saturated heterocycles. The van der Waals surface area contributed by atoms with Gasteiger partial charge in [-0.25, -0.2) is 4.79 Å². The molecule has 0 radical (unpaired) electrons. The Kier molecular flexibility index (Phi) is 5.89. The van der Waals surface area contributed by atoms with Crippen molar-refractivity contribution in [2.45, 2.75) is 13.3 Å². The third kappa shape index (κ3) is 6.56. The van der Waals surface area contributed by atoms with E-state index in [2.05, 4.69) is 9.47 Å². The van der Waals surface area contributed by atoms with Crippen molar-refractivity contribution in [2.75, 3.05) is 6.61 Å². The van der Waals surface area contributed by atoms with Crippen LogP contribution in [0.1, 0.15) is 13.3 Å². The molecule has 0 spiro atoms. The molecule has 13 heavy (non-hydrogen) atoms. The summed E-state index contributed by atoms with van der Waals surface area (Å²) >= 11 is 0. The molecule has 0 aliphatic carbocycles. The van der Waals surface area contributed by atoms with Crippen LogP contribution in [-0.2, 0) is 19.1 Å². The van der Waals surface area contributed by atoms with Gasteiger partial charge >= 0.3 is 11.9 Å². The van der Waals surface area contributed by atoms with E-state index < -0.39 is 11.9 Å². The first-order valence-corrected chi connectivity index (χ1v) is 3.60. The summed E-state index contributed by atoms with van der Waals surface area (Å²) in [7, 11) is 0. The number of esters is 2. The molecule has 0 atom stereocenters. The summed E-state index contributed by atoms with van der Waals surface area (Å²) in [4.78, 5) is 21.2. The number of hydrogen-bond donors (Lipinski definition) is 0. The van der Waals surface area contributed by atoms with Gasteiger partial charge in [0, 0.05) is 0 Å². The van der Waals surface area contributed by atoms with Crippen LogP contribution in [0.5, 0.6) is 0 Å². The summed E-state index contributed by atoms with van der Waals surface area (Å²) in [5, 5.41) is 8.06. The van der Waals surface area contributed by atoms with Gasteiger partial charge in [-0.2, -0.15) is 5.26 Å². The van der Waals surface area contributed by atoms with Crippen molar-refractivity contribution in [3.05, 3.63) is 12.3 Å². The number of nitriles is 1. The van der Waals surface area contributed by atoms with Gasteiger partial charge in [-0.1, -0.05) is 0 Å². The van der Waals surface area contributed by atoms with Crippen LogP contribution in [0, 0.1) is 11.3 Å². The zero-order valence-corrected chi connectivity index (χ0v) is 7.15.